The Kier molecular flexibility index (Phi) is 4.98. The molecule has 0 aliphatic rings. The number of hydrogen-bond acceptors (Lipinski definition) is 4. The molecule has 5 heteroatoms. The number of nitrogens with one attached hydrogen (secondary N) is 2. The molecule has 1 aromatic heterocycles. The van der Waals surface area contributed by atoms with E-state index in [0.717, 1.165) is 12.1 Å². The molecule has 2 N–H and O–H groups in total. The maximum atomic E-state index is 11.8. The van der Waals surface area contributed by atoms with E-state index in [1.54, 1.807) is 13.0 Å². The maximum absolute atomic E-state index is 11.8. The van der Waals surface area contributed by atoms with Crippen LogP contribution in [0.1, 0.15) is 30.2 Å². The second kappa shape index (κ2) is 6.92. The van der Waals surface area contributed by atoms with Crippen LogP contribution in [0.5, 0.6) is 0 Å². The van der Waals surface area contributed by atoms with Crippen molar-refractivity contribution in [1.29, 1.82) is 0 Å². The van der Waals surface area contributed by atoms with Gasteiger partial charge in [-0.1, -0.05) is 30.3 Å². The fraction of sp³-hybridized carbons (Fsp3) is 0.375. The molecule has 0 saturated heterocycles. The lowest BCUT2D eigenvalue weighted by Crippen LogP contribution is -2.17. The minimum absolute atomic E-state index is 0.0811. The predicted octanol–water partition coefficient (Wildman–Crippen LogP) is 3.29. The fourth-order valence-electron chi connectivity index (χ4n) is 2.21. The molecular formula is C16H21N3O2. The number of aromatic nitrogens is 1. The predicted molar refractivity (Wildman–Crippen MR) is 83.5 cm³/mol. The van der Waals surface area contributed by atoms with Crippen molar-refractivity contribution in [2.24, 2.45) is 0 Å². The molecule has 0 aliphatic carbocycles. The molecule has 0 radical (unpaired) electrons. The third-order valence-corrected chi connectivity index (χ3v) is 3.29. The quantitative estimate of drug-likeness (QED) is 0.855. The Labute approximate surface area is 124 Å². The molecule has 0 fully saturated rings. The number of para-hydroxylation sites is 1. The van der Waals surface area contributed by atoms with Gasteiger partial charge in [-0.15, -0.1) is 0 Å². The Balaban J connectivity index is 1.85. The summed E-state index contributed by atoms with van der Waals surface area (Å²) in [6, 6.07) is 7.92. The van der Waals surface area contributed by atoms with Crippen LogP contribution in [0.15, 0.2) is 28.8 Å². The Morgan fingerprint density at radius 3 is 2.81 bits per heavy atom. The van der Waals surface area contributed by atoms with Gasteiger partial charge in [0.05, 0.1) is 0 Å². The zero-order valence-electron chi connectivity index (χ0n) is 12.7. The number of benzene rings is 1. The van der Waals surface area contributed by atoms with E-state index < -0.39 is 0 Å². The minimum atomic E-state index is -0.0811. The molecule has 0 atom stereocenters. The average Bonchev–Trinajstić information content (AvgIpc) is 2.85. The second-order valence-corrected chi connectivity index (χ2v) is 5.01. The van der Waals surface area contributed by atoms with Gasteiger partial charge in [-0.2, -0.15) is 0 Å². The number of carbonyl (C=O) groups is 1. The summed E-state index contributed by atoms with van der Waals surface area (Å²) in [5, 5.41) is 9.79. The fourth-order valence-corrected chi connectivity index (χ4v) is 2.21. The van der Waals surface area contributed by atoms with Crippen LogP contribution in [0, 0.1) is 13.8 Å². The molecular weight excluding hydrogens is 266 g/mol. The molecule has 1 amide bonds. The number of nitrogens with zero attached hydrogens (tertiary/aromatic N) is 1. The summed E-state index contributed by atoms with van der Waals surface area (Å²) >= 11 is 0. The van der Waals surface area contributed by atoms with E-state index in [1.165, 1.54) is 11.1 Å². The summed E-state index contributed by atoms with van der Waals surface area (Å²) in [5.74, 6) is 1.06. The highest BCUT2D eigenvalue weighted by Crippen LogP contribution is 2.20. The number of hydrogen-bond donors (Lipinski definition) is 2. The van der Waals surface area contributed by atoms with E-state index >= 15 is 0 Å². The van der Waals surface area contributed by atoms with Gasteiger partial charge >= 0.3 is 0 Å². The molecule has 1 aromatic carbocycles. The van der Waals surface area contributed by atoms with Crippen LogP contribution in [0.25, 0.3) is 0 Å². The van der Waals surface area contributed by atoms with Crippen LogP contribution in [-0.2, 0) is 11.2 Å². The Morgan fingerprint density at radius 1 is 1.33 bits per heavy atom. The number of amides is 1. The lowest BCUT2D eigenvalue weighted by Gasteiger charge is -2.13. The Hall–Kier alpha value is -2.30. The molecule has 0 spiro atoms. The second-order valence-electron chi connectivity index (χ2n) is 5.01. The van der Waals surface area contributed by atoms with Gasteiger partial charge in [-0.05, 0) is 31.4 Å². The molecule has 2 aromatic rings. The number of anilines is 2. The lowest BCUT2D eigenvalue weighted by atomic mass is 10.1. The number of rotatable bonds is 6. The summed E-state index contributed by atoms with van der Waals surface area (Å²) in [6.07, 6.45) is 1.35. The number of aryl methyl sites for hydroxylation is 3. The van der Waals surface area contributed by atoms with Crippen molar-refractivity contribution in [2.45, 2.75) is 33.6 Å². The van der Waals surface area contributed by atoms with Crippen molar-refractivity contribution in [3.8, 4) is 0 Å². The summed E-state index contributed by atoms with van der Waals surface area (Å²) in [6.45, 7) is 6.56. The van der Waals surface area contributed by atoms with Crippen molar-refractivity contribution >= 4 is 17.4 Å². The van der Waals surface area contributed by atoms with Gasteiger partial charge in [0.2, 0.25) is 5.91 Å². The van der Waals surface area contributed by atoms with E-state index in [0.29, 0.717) is 24.5 Å². The first-order valence-electron chi connectivity index (χ1n) is 7.15. The molecule has 0 unspecified atom stereocenters. The highest BCUT2D eigenvalue weighted by Gasteiger charge is 2.07. The maximum Gasteiger partial charge on any atom is 0.227 e. The Bertz CT molecular complexity index is 620. The number of carbonyl (C=O) groups excluding carboxylic acids is 1. The van der Waals surface area contributed by atoms with Gasteiger partial charge in [0, 0.05) is 24.7 Å². The van der Waals surface area contributed by atoms with Gasteiger partial charge in [0.25, 0.3) is 0 Å². The van der Waals surface area contributed by atoms with Crippen LogP contribution < -0.4 is 10.6 Å². The zero-order valence-corrected chi connectivity index (χ0v) is 12.7. The first-order chi connectivity index (χ1) is 10.1. The van der Waals surface area contributed by atoms with Gasteiger partial charge in [0.15, 0.2) is 5.82 Å². The highest BCUT2D eigenvalue weighted by molar-refractivity contribution is 5.90. The van der Waals surface area contributed by atoms with Crippen molar-refractivity contribution in [2.75, 3.05) is 17.2 Å². The van der Waals surface area contributed by atoms with Gasteiger partial charge in [-0.25, -0.2) is 0 Å². The van der Waals surface area contributed by atoms with E-state index in [9.17, 15) is 4.79 Å². The van der Waals surface area contributed by atoms with Crippen molar-refractivity contribution < 1.29 is 9.32 Å². The first-order valence-corrected chi connectivity index (χ1v) is 7.15. The molecule has 2 rings (SSSR count). The zero-order chi connectivity index (χ0) is 15.2. The summed E-state index contributed by atoms with van der Waals surface area (Å²) in [5.41, 5.74) is 3.59. The van der Waals surface area contributed by atoms with Crippen molar-refractivity contribution in [3.63, 3.8) is 0 Å². The summed E-state index contributed by atoms with van der Waals surface area (Å²) in [7, 11) is 0. The van der Waals surface area contributed by atoms with E-state index in [2.05, 4.69) is 47.8 Å². The standard InChI is InChI=1S/C16H21N3O2/c1-4-13-7-5-6-11(2)16(13)17-9-8-15(20)18-14-10-12(3)21-19-14/h5-7,10,17H,4,8-9H2,1-3H3,(H,18,19,20). The third-order valence-electron chi connectivity index (χ3n) is 3.29. The average molecular weight is 287 g/mol. The summed E-state index contributed by atoms with van der Waals surface area (Å²) < 4.78 is 4.90. The molecule has 21 heavy (non-hydrogen) atoms. The van der Waals surface area contributed by atoms with E-state index in [4.69, 9.17) is 4.52 Å². The monoisotopic (exact) mass is 287 g/mol. The highest BCUT2D eigenvalue weighted by atomic mass is 16.5. The van der Waals surface area contributed by atoms with Gasteiger partial charge in [-0.3, -0.25) is 4.79 Å². The molecule has 0 saturated carbocycles. The minimum Gasteiger partial charge on any atom is -0.384 e. The molecule has 0 aliphatic heterocycles. The molecule has 5 nitrogen and oxygen atoms in total. The largest absolute Gasteiger partial charge is 0.384 e. The molecule has 112 valence electrons. The van der Waals surface area contributed by atoms with Crippen LogP contribution >= 0.6 is 0 Å². The van der Waals surface area contributed by atoms with Crippen LogP contribution in [-0.4, -0.2) is 17.6 Å². The van der Waals surface area contributed by atoms with Crippen LogP contribution in [0.4, 0.5) is 11.5 Å². The first kappa shape index (κ1) is 15.1. The van der Waals surface area contributed by atoms with Crippen molar-refractivity contribution in [1.82, 2.24) is 5.16 Å². The molecule has 0 bridgehead atoms. The lowest BCUT2D eigenvalue weighted by molar-refractivity contribution is -0.116. The van der Waals surface area contributed by atoms with Gasteiger partial charge < -0.3 is 15.2 Å². The summed E-state index contributed by atoms with van der Waals surface area (Å²) in [4.78, 5) is 11.8. The topological polar surface area (TPSA) is 67.2 Å². The van der Waals surface area contributed by atoms with Crippen LogP contribution in [0.2, 0.25) is 0 Å². The Morgan fingerprint density at radius 2 is 2.14 bits per heavy atom. The van der Waals surface area contributed by atoms with Crippen LogP contribution in [0.3, 0.4) is 0 Å². The molecule has 1 heterocycles. The smallest absolute Gasteiger partial charge is 0.227 e. The normalized spacial score (nSPS) is 10.4. The van der Waals surface area contributed by atoms with Gasteiger partial charge in [0.1, 0.15) is 5.76 Å². The third kappa shape index (κ3) is 4.08. The van der Waals surface area contributed by atoms with Crippen molar-refractivity contribution in [3.05, 3.63) is 41.2 Å². The SMILES string of the molecule is CCc1cccc(C)c1NCCC(=O)Nc1cc(C)on1. The van der Waals surface area contributed by atoms with E-state index in [-0.39, 0.29) is 5.91 Å². The van der Waals surface area contributed by atoms with E-state index in [1.807, 2.05) is 0 Å².